The number of hydrogen-bond donors (Lipinski definition) is 1. The lowest BCUT2D eigenvalue weighted by molar-refractivity contribution is 0.119. The molecular weight excluding hydrogens is 334 g/mol. The van der Waals surface area contributed by atoms with Crippen LogP contribution in [0.1, 0.15) is 36.2 Å². The monoisotopic (exact) mass is 361 g/mol. The van der Waals surface area contributed by atoms with Gasteiger partial charge in [-0.3, -0.25) is 9.98 Å². The van der Waals surface area contributed by atoms with E-state index in [0.717, 1.165) is 36.2 Å². The summed E-state index contributed by atoms with van der Waals surface area (Å²) in [6, 6.07) is 4.03. The van der Waals surface area contributed by atoms with E-state index >= 15 is 0 Å². The number of nitrogens with one attached hydrogen (secondary N) is 1. The number of pyridine rings is 1. The molecule has 0 bridgehead atoms. The predicted molar refractivity (Wildman–Crippen MR) is 103 cm³/mol. The molecule has 25 heavy (non-hydrogen) atoms. The lowest BCUT2D eigenvalue weighted by atomic mass is 10.2. The van der Waals surface area contributed by atoms with E-state index in [0.29, 0.717) is 6.54 Å². The molecule has 0 saturated heterocycles. The van der Waals surface area contributed by atoms with Crippen LogP contribution >= 0.6 is 11.3 Å². The Morgan fingerprint density at radius 3 is 3.00 bits per heavy atom. The van der Waals surface area contributed by atoms with Crippen molar-refractivity contribution in [1.29, 1.82) is 0 Å². The summed E-state index contributed by atoms with van der Waals surface area (Å²) in [6.45, 7) is 6.36. The van der Waals surface area contributed by atoms with E-state index < -0.39 is 0 Å². The topological polar surface area (TPSA) is 62.6 Å². The summed E-state index contributed by atoms with van der Waals surface area (Å²) in [5.74, 6) is 0.890. The van der Waals surface area contributed by atoms with Gasteiger partial charge in [-0.15, -0.1) is 11.3 Å². The Hall–Kier alpha value is -1.99. The van der Waals surface area contributed by atoms with Crippen molar-refractivity contribution >= 4 is 17.3 Å². The van der Waals surface area contributed by atoms with Crippen molar-refractivity contribution in [2.75, 3.05) is 27.2 Å². The molecule has 2 aromatic heterocycles. The molecular formula is C18H27N5OS. The first-order chi connectivity index (χ1) is 12.1. The SMILES string of the molecule is CCNC(=NCCc1cccnc1)N(C)Cc1csc(C(C)OC)n1. The molecule has 0 aromatic carbocycles. The van der Waals surface area contributed by atoms with Crippen molar-refractivity contribution in [1.82, 2.24) is 20.2 Å². The van der Waals surface area contributed by atoms with Gasteiger partial charge in [-0.25, -0.2) is 4.98 Å². The number of aliphatic imine (C=N–C) groups is 1. The number of ether oxygens (including phenoxy) is 1. The fraction of sp³-hybridized carbons (Fsp3) is 0.500. The highest BCUT2D eigenvalue weighted by Gasteiger charge is 2.12. The normalized spacial score (nSPS) is 12.9. The van der Waals surface area contributed by atoms with Crippen LogP contribution in [-0.2, 0) is 17.7 Å². The molecule has 6 nitrogen and oxygen atoms in total. The van der Waals surface area contributed by atoms with E-state index in [1.807, 2.05) is 26.2 Å². The molecule has 0 aliphatic carbocycles. The van der Waals surface area contributed by atoms with Gasteiger partial charge in [0.05, 0.1) is 12.2 Å². The Balaban J connectivity index is 1.95. The number of rotatable bonds is 8. The van der Waals surface area contributed by atoms with Crippen LogP contribution in [0.15, 0.2) is 34.9 Å². The van der Waals surface area contributed by atoms with Crippen LogP contribution in [0.3, 0.4) is 0 Å². The standard InChI is InChI=1S/C18H27N5OS/c1-5-20-18(21-10-8-15-7-6-9-19-11-15)23(3)12-16-13-25-17(22-16)14(2)24-4/h6-7,9,11,13-14H,5,8,10,12H2,1-4H3,(H,20,21). The molecule has 2 heterocycles. The minimum Gasteiger partial charge on any atom is -0.375 e. The van der Waals surface area contributed by atoms with Gasteiger partial charge < -0.3 is 15.0 Å². The fourth-order valence-electron chi connectivity index (χ4n) is 2.31. The second kappa shape index (κ2) is 10.1. The molecule has 7 heteroatoms. The molecule has 0 spiro atoms. The predicted octanol–water partition coefficient (Wildman–Crippen LogP) is 2.89. The minimum atomic E-state index is 0.0328. The van der Waals surface area contributed by atoms with E-state index in [4.69, 9.17) is 9.73 Å². The van der Waals surface area contributed by atoms with E-state index in [-0.39, 0.29) is 6.10 Å². The zero-order chi connectivity index (χ0) is 18.1. The molecule has 1 unspecified atom stereocenters. The molecule has 0 amide bonds. The molecule has 2 aromatic rings. The quantitative estimate of drug-likeness (QED) is 0.579. The van der Waals surface area contributed by atoms with Gasteiger partial charge in [0.15, 0.2) is 5.96 Å². The third kappa shape index (κ3) is 6.10. The van der Waals surface area contributed by atoms with Crippen LogP contribution in [0.5, 0.6) is 0 Å². The molecule has 1 atom stereocenters. The molecule has 2 rings (SSSR count). The van der Waals surface area contributed by atoms with Crippen LogP contribution in [-0.4, -0.2) is 48.1 Å². The molecule has 136 valence electrons. The van der Waals surface area contributed by atoms with Gasteiger partial charge in [-0.2, -0.15) is 0 Å². The Kier molecular flexibility index (Phi) is 7.81. The maximum atomic E-state index is 5.33. The van der Waals surface area contributed by atoms with Crippen molar-refractivity contribution in [2.45, 2.75) is 32.9 Å². The summed E-state index contributed by atoms with van der Waals surface area (Å²) < 4.78 is 5.33. The third-order valence-corrected chi connectivity index (χ3v) is 4.81. The van der Waals surface area contributed by atoms with Gasteiger partial charge in [-0.1, -0.05) is 6.07 Å². The summed E-state index contributed by atoms with van der Waals surface area (Å²) in [5, 5.41) is 6.43. The van der Waals surface area contributed by atoms with Gasteiger partial charge in [-0.05, 0) is 31.9 Å². The van der Waals surface area contributed by atoms with Crippen LogP contribution in [0.2, 0.25) is 0 Å². The summed E-state index contributed by atoms with van der Waals surface area (Å²) in [6.07, 6.45) is 4.59. The maximum Gasteiger partial charge on any atom is 0.194 e. The molecule has 0 aliphatic rings. The second-order valence-electron chi connectivity index (χ2n) is 5.76. The third-order valence-electron chi connectivity index (χ3n) is 3.75. The molecule has 0 fully saturated rings. The summed E-state index contributed by atoms with van der Waals surface area (Å²) in [5.41, 5.74) is 2.23. The first kappa shape index (κ1) is 19.3. The van der Waals surface area contributed by atoms with E-state index in [1.165, 1.54) is 5.56 Å². The summed E-state index contributed by atoms with van der Waals surface area (Å²) >= 11 is 1.63. The number of nitrogens with zero attached hydrogens (tertiary/aromatic N) is 4. The van der Waals surface area contributed by atoms with Crippen molar-refractivity contribution in [3.8, 4) is 0 Å². The molecule has 0 aliphatic heterocycles. The van der Waals surface area contributed by atoms with Crippen LogP contribution in [0.25, 0.3) is 0 Å². The van der Waals surface area contributed by atoms with E-state index in [1.54, 1.807) is 24.6 Å². The zero-order valence-electron chi connectivity index (χ0n) is 15.4. The number of guanidine groups is 1. The highest BCUT2D eigenvalue weighted by molar-refractivity contribution is 7.09. The smallest absolute Gasteiger partial charge is 0.194 e. The largest absolute Gasteiger partial charge is 0.375 e. The maximum absolute atomic E-state index is 5.33. The van der Waals surface area contributed by atoms with Crippen LogP contribution in [0, 0.1) is 0 Å². The zero-order valence-corrected chi connectivity index (χ0v) is 16.2. The van der Waals surface area contributed by atoms with Crippen molar-refractivity contribution < 1.29 is 4.74 Å². The average Bonchev–Trinajstić information content (AvgIpc) is 3.09. The van der Waals surface area contributed by atoms with E-state index in [2.05, 4.69) is 38.6 Å². The first-order valence-electron chi connectivity index (χ1n) is 8.49. The van der Waals surface area contributed by atoms with E-state index in [9.17, 15) is 0 Å². The Morgan fingerprint density at radius 2 is 2.32 bits per heavy atom. The Labute approximate surface area is 154 Å². The molecule has 0 radical (unpaired) electrons. The minimum absolute atomic E-state index is 0.0328. The van der Waals surface area contributed by atoms with Gasteiger partial charge in [0.25, 0.3) is 0 Å². The lowest BCUT2D eigenvalue weighted by Crippen LogP contribution is -2.38. The average molecular weight is 362 g/mol. The lowest BCUT2D eigenvalue weighted by Gasteiger charge is -2.21. The van der Waals surface area contributed by atoms with Crippen molar-refractivity contribution in [3.05, 3.63) is 46.2 Å². The summed E-state index contributed by atoms with van der Waals surface area (Å²) in [7, 11) is 3.74. The summed E-state index contributed by atoms with van der Waals surface area (Å²) in [4.78, 5) is 15.6. The number of thiazole rings is 1. The van der Waals surface area contributed by atoms with Gasteiger partial charge in [0.1, 0.15) is 11.1 Å². The fourth-order valence-corrected chi connectivity index (χ4v) is 3.15. The molecule has 0 saturated carbocycles. The Morgan fingerprint density at radius 1 is 1.48 bits per heavy atom. The van der Waals surface area contributed by atoms with Crippen LogP contribution < -0.4 is 5.32 Å². The van der Waals surface area contributed by atoms with Crippen molar-refractivity contribution in [2.24, 2.45) is 4.99 Å². The highest BCUT2D eigenvalue weighted by Crippen LogP contribution is 2.20. The Bertz CT molecular complexity index is 658. The highest BCUT2D eigenvalue weighted by atomic mass is 32.1. The first-order valence-corrected chi connectivity index (χ1v) is 9.37. The van der Waals surface area contributed by atoms with Crippen molar-refractivity contribution in [3.63, 3.8) is 0 Å². The second-order valence-corrected chi connectivity index (χ2v) is 6.65. The van der Waals surface area contributed by atoms with Gasteiger partial charge >= 0.3 is 0 Å². The van der Waals surface area contributed by atoms with Crippen LogP contribution in [0.4, 0.5) is 0 Å². The molecule has 1 N–H and O–H groups in total. The number of hydrogen-bond acceptors (Lipinski definition) is 5. The van der Waals surface area contributed by atoms with Gasteiger partial charge in [0, 0.05) is 45.0 Å². The van der Waals surface area contributed by atoms with Gasteiger partial charge in [0.2, 0.25) is 0 Å². The number of methoxy groups -OCH3 is 1. The number of aromatic nitrogens is 2.